The molecular formula is C19H14F6O. The number of alkyl halides is 2. The van der Waals surface area contributed by atoms with Crippen molar-refractivity contribution in [3.63, 3.8) is 0 Å². The Morgan fingerprint density at radius 2 is 1.46 bits per heavy atom. The molecule has 0 spiro atoms. The second-order valence-electron chi connectivity index (χ2n) is 5.44. The van der Waals surface area contributed by atoms with Crippen LogP contribution in [0, 0.1) is 35.1 Å². The van der Waals surface area contributed by atoms with Gasteiger partial charge in [-0.25, -0.2) is 17.6 Å². The first kappa shape index (κ1) is 19.7. The lowest BCUT2D eigenvalue weighted by atomic mass is 10.1. The van der Waals surface area contributed by atoms with Crippen LogP contribution in [0.5, 0.6) is 5.75 Å². The summed E-state index contributed by atoms with van der Waals surface area (Å²) in [6, 6.07) is 2.50. The fraction of sp³-hybridized carbons (Fsp3) is 0.263. The average molecular weight is 372 g/mol. The monoisotopic (exact) mass is 372 g/mol. The molecule has 138 valence electrons. The minimum absolute atomic E-state index is 0.210. The molecule has 0 aromatic heterocycles. The predicted molar refractivity (Wildman–Crippen MR) is 83.8 cm³/mol. The third-order valence-corrected chi connectivity index (χ3v) is 3.44. The number of halogens is 6. The van der Waals surface area contributed by atoms with Crippen molar-refractivity contribution in [1.82, 2.24) is 0 Å². The summed E-state index contributed by atoms with van der Waals surface area (Å²) in [7, 11) is 0. The van der Waals surface area contributed by atoms with E-state index in [0.717, 1.165) is 12.1 Å². The Balaban J connectivity index is 2.41. The van der Waals surface area contributed by atoms with E-state index in [9.17, 15) is 26.3 Å². The van der Waals surface area contributed by atoms with E-state index in [4.69, 9.17) is 0 Å². The molecule has 0 aliphatic heterocycles. The Bertz CT molecular complexity index is 833. The number of ether oxygens (including phenoxy) is 1. The van der Waals surface area contributed by atoms with Crippen LogP contribution in [-0.2, 0) is 12.5 Å². The highest BCUT2D eigenvalue weighted by molar-refractivity contribution is 5.41. The molecule has 2 aromatic rings. The Labute approximate surface area is 146 Å². The summed E-state index contributed by atoms with van der Waals surface area (Å²) >= 11 is 0. The second kappa shape index (κ2) is 7.73. The minimum Gasteiger partial charge on any atom is -0.429 e. The maximum absolute atomic E-state index is 14.2. The number of benzene rings is 2. The molecule has 0 saturated carbocycles. The second-order valence-corrected chi connectivity index (χ2v) is 5.44. The Hall–Kier alpha value is -2.62. The molecule has 26 heavy (non-hydrogen) atoms. The molecule has 0 N–H and O–H groups in total. The summed E-state index contributed by atoms with van der Waals surface area (Å²) in [5.41, 5.74) is -2.04. The van der Waals surface area contributed by atoms with E-state index in [1.54, 1.807) is 6.92 Å². The Kier molecular flexibility index (Phi) is 5.86. The molecule has 0 radical (unpaired) electrons. The standard InChI is InChI=1S/C19H14F6O/c1-3-5-11-7-16(22)18(17(23)8-11)19(24,25)26-12-9-14(20)13(6-4-2)15(21)10-12/h7-10H,3,5H2,1-2H3. The predicted octanol–water partition coefficient (Wildman–Crippen LogP) is 5.70. The van der Waals surface area contributed by atoms with Crippen molar-refractivity contribution in [2.24, 2.45) is 0 Å². The van der Waals surface area contributed by atoms with Crippen molar-refractivity contribution < 1.29 is 31.1 Å². The average Bonchev–Trinajstić information content (AvgIpc) is 2.49. The third kappa shape index (κ3) is 4.13. The van der Waals surface area contributed by atoms with E-state index in [-0.39, 0.29) is 5.56 Å². The summed E-state index contributed by atoms with van der Waals surface area (Å²) in [6.07, 6.45) is -3.61. The summed E-state index contributed by atoms with van der Waals surface area (Å²) in [6.45, 7) is 3.10. The molecule has 2 rings (SSSR count). The van der Waals surface area contributed by atoms with Gasteiger partial charge in [0, 0.05) is 12.1 Å². The molecule has 0 bridgehead atoms. The van der Waals surface area contributed by atoms with Crippen LogP contribution in [0.15, 0.2) is 24.3 Å². The van der Waals surface area contributed by atoms with Crippen molar-refractivity contribution in [3.05, 3.63) is 64.2 Å². The van der Waals surface area contributed by atoms with E-state index in [0.29, 0.717) is 25.0 Å². The highest BCUT2D eigenvalue weighted by Crippen LogP contribution is 2.36. The third-order valence-electron chi connectivity index (χ3n) is 3.44. The molecule has 0 saturated heterocycles. The first-order chi connectivity index (χ1) is 12.2. The molecule has 1 nitrogen and oxygen atoms in total. The van der Waals surface area contributed by atoms with Gasteiger partial charge in [0.1, 0.15) is 34.6 Å². The van der Waals surface area contributed by atoms with Gasteiger partial charge in [0.15, 0.2) is 0 Å². The van der Waals surface area contributed by atoms with Crippen LogP contribution in [0.1, 0.15) is 37.0 Å². The first-order valence-electron chi connectivity index (χ1n) is 7.66. The molecule has 0 heterocycles. The zero-order valence-electron chi connectivity index (χ0n) is 13.9. The fourth-order valence-electron chi connectivity index (χ4n) is 2.39. The van der Waals surface area contributed by atoms with Gasteiger partial charge in [-0.3, -0.25) is 0 Å². The number of aryl methyl sites for hydroxylation is 1. The Morgan fingerprint density at radius 3 is 1.92 bits per heavy atom. The van der Waals surface area contributed by atoms with E-state index in [1.807, 2.05) is 0 Å². The maximum atomic E-state index is 14.2. The number of hydrogen-bond donors (Lipinski definition) is 0. The van der Waals surface area contributed by atoms with Crippen molar-refractivity contribution in [3.8, 4) is 17.6 Å². The number of rotatable bonds is 5. The van der Waals surface area contributed by atoms with E-state index < -0.39 is 46.3 Å². The van der Waals surface area contributed by atoms with Crippen LogP contribution in [-0.4, -0.2) is 0 Å². The van der Waals surface area contributed by atoms with Gasteiger partial charge in [0.2, 0.25) is 0 Å². The minimum atomic E-state index is -4.48. The molecule has 0 amide bonds. The van der Waals surface area contributed by atoms with Crippen LogP contribution >= 0.6 is 0 Å². The van der Waals surface area contributed by atoms with E-state index in [1.165, 1.54) is 6.92 Å². The van der Waals surface area contributed by atoms with Gasteiger partial charge in [0.25, 0.3) is 0 Å². The summed E-state index contributed by atoms with van der Waals surface area (Å²) in [5.74, 6) is -1.99. The zero-order valence-corrected chi connectivity index (χ0v) is 13.9. The topological polar surface area (TPSA) is 9.23 Å². The van der Waals surface area contributed by atoms with Crippen molar-refractivity contribution in [2.75, 3.05) is 0 Å². The molecular weight excluding hydrogens is 358 g/mol. The summed E-state index contributed by atoms with van der Waals surface area (Å²) in [4.78, 5) is 0. The van der Waals surface area contributed by atoms with Crippen LogP contribution in [0.4, 0.5) is 26.3 Å². The smallest absolute Gasteiger partial charge is 0.429 e. The molecule has 0 atom stereocenters. The summed E-state index contributed by atoms with van der Waals surface area (Å²) in [5, 5.41) is 0. The lowest BCUT2D eigenvalue weighted by molar-refractivity contribution is -0.189. The van der Waals surface area contributed by atoms with Crippen LogP contribution in [0.2, 0.25) is 0 Å². The lowest BCUT2D eigenvalue weighted by Gasteiger charge is -2.20. The van der Waals surface area contributed by atoms with Crippen LogP contribution in [0.25, 0.3) is 0 Å². The molecule has 7 heteroatoms. The van der Waals surface area contributed by atoms with Gasteiger partial charge < -0.3 is 4.74 Å². The molecule has 2 aromatic carbocycles. The van der Waals surface area contributed by atoms with Crippen molar-refractivity contribution in [1.29, 1.82) is 0 Å². The van der Waals surface area contributed by atoms with Crippen LogP contribution < -0.4 is 4.74 Å². The molecule has 0 aliphatic rings. The van der Waals surface area contributed by atoms with Gasteiger partial charge in [-0.1, -0.05) is 19.3 Å². The van der Waals surface area contributed by atoms with E-state index >= 15 is 0 Å². The molecule has 0 aliphatic carbocycles. The zero-order chi connectivity index (χ0) is 19.5. The maximum Gasteiger partial charge on any atom is 0.432 e. The van der Waals surface area contributed by atoms with Crippen molar-refractivity contribution in [2.45, 2.75) is 32.8 Å². The first-order valence-corrected chi connectivity index (χ1v) is 7.66. The highest BCUT2D eigenvalue weighted by Gasteiger charge is 2.41. The fourth-order valence-corrected chi connectivity index (χ4v) is 2.39. The Morgan fingerprint density at radius 1 is 0.923 bits per heavy atom. The SMILES string of the molecule is CC#Cc1c(F)cc(OC(F)(F)c2c(F)cc(CCC)cc2F)cc1F. The van der Waals surface area contributed by atoms with Gasteiger partial charge in [0.05, 0.1) is 5.56 Å². The van der Waals surface area contributed by atoms with Gasteiger partial charge in [-0.15, -0.1) is 5.92 Å². The molecule has 0 unspecified atom stereocenters. The van der Waals surface area contributed by atoms with Crippen molar-refractivity contribution >= 4 is 0 Å². The lowest BCUT2D eigenvalue weighted by Crippen LogP contribution is -2.25. The van der Waals surface area contributed by atoms with Gasteiger partial charge in [-0.05, 0) is 31.0 Å². The molecule has 0 fully saturated rings. The highest BCUT2D eigenvalue weighted by atomic mass is 19.3. The van der Waals surface area contributed by atoms with Gasteiger partial charge >= 0.3 is 6.11 Å². The van der Waals surface area contributed by atoms with Gasteiger partial charge in [-0.2, -0.15) is 8.78 Å². The largest absolute Gasteiger partial charge is 0.432 e. The summed E-state index contributed by atoms with van der Waals surface area (Å²) < 4.78 is 88.1. The van der Waals surface area contributed by atoms with E-state index in [2.05, 4.69) is 16.6 Å². The van der Waals surface area contributed by atoms with Crippen LogP contribution in [0.3, 0.4) is 0 Å². The quantitative estimate of drug-likeness (QED) is 0.484. The number of hydrogen-bond acceptors (Lipinski definition) is 1. The normalized spacial score (nSPS) is 11.1.